The number of allylic oxidation sites excluding steroid dienone is 8. The molecule has 2 aromatic carbocycles. The van der Waals surface area contributed by atoms with Gasteiger partial charge in [-0.2, -0.15) is 11.1 Å². The predicted octanol–water partition coefficient (Wildman–Crippen LogP) is 0.982. The first-order valence-corrected chi connectivity index (χ1v) is 10.4. The summed E-state index contributed by atoms with van der Waals surface area (Å²) in [7, 11) is 0. The Kier molecular flexibility index (Phi) is 14.6. The fourth-order valence-electron chi connectivity index (χ4n) is 2.88. The van der Waals surface area contributed by atoms with Gasteiger partial charge in [-0.3, -0.25) is 12.2 Å². The molecular formula is C27H28Cl2Ti-2. The summed E-state index contributed by atoms with van der Waals surface area (Å²) in [6.07, 6.45) is 12.8. The molecule has 0 radical (unpaired) electrons. The molecule has 2 aliphatic carbocycles. The van der Waals surface area contributed by atoms with Crippen molar-refractivity contribution in [3.05, 3.63) is 118 Å². The quantitative estimate of drug-likeness (QED) is 0.453. The van der Waals surface area contributed by atoms with E-state index in [0.717, 1.165) is 12.8 Å². The van der Waals surface area contributed by atoms with Crippen LogP contribution in [-0.4, -0.2) is 3.81 Å². The van der Waals surface area contributed by atoms with Gasteiger partial charge in [0.1, 0.15) is 0 Å². The van der Waals surface area contributed by atoms with Crippen molar-refractivity contribution in [2.45, 2.75) is 40.5 Å². The SMILES string of the molecule is CC1=[C-]CC(C)=C1.CC1=[C-]CC(C)=C1.[Cl-].[Cl-].[Ti+2]=[C](c1ccccc1)c1ccccc1. The van der Waals surface area contributed by atoms with Gasteiger partial charge in [-0.25, -0.2) is 23.3 Å². The second-order valence-corrected chi connectivity index (χ2v) is 7.94. The van der Waals surface area contributed by atoms with Gasteiger partial charge in [0.2, 0.25) is 0 Å². The minimum absolute atomic E-state index is 0. The average Bonchev–Trinajstić information content (AvgIpc) is 3.29. The second kappa shape index (κ2) is 15.4. The molecule has 0 amide bonds. The minimum atomic E-state index is 0. The van der Waals surface area contributed by atoms with Gasteiger partial charge in [0.15, 0.2) is 0 Å². The molecule has 0 spiro atoms. The molecule has 30 heavy (non-hydrogen) atoms. The Morgan fingerprint density at radius 1 is 0.633 bits per heavy atom. The van der Waals surface area contributed by atoms with Crippen molar-refractivity contribution < 1.29 is 44.8 Å². The number of halogens is 2. The van der Waals surface area contributed by atoms with Crippen LogP contribution in [0.4, 0.5) is 0 Å². The van der Waals surface area contributed by atoms with E-state index in [0.29, 0.717) is 0 Å². The molecule has 2 aromatic rings. The third-order valence-electron chi connectivity index (χ3n) is 4.34. The molecule has 0 saturated carbocycles. The van der Waals surface area contributed by atoms with E-state index >= 15 is 0 Å². The maximum atomic E-state index is 3.19. The number of hydrogen-bond acceptors (Lipinski definition) is 0. The molecule has 0 heterocycles. The standard InChI is InChI=1S/C13H10.2C7H9.2ClH.Ti/c1-3-7-12(8-4-1)11-13-9-5-2-6-10-13;2*1-6-3-4-7(2)5-6;;;/h1-10H;2*5H,3H2,1-2H3;2*1H;/q;2*-1;;;+2/p-2. The molecule has 4 rings (SSSR count). The van der Waals surface area contributed by atoms with Gasteiger partial charge >= 0.3 is 95.6 Å². The molecule has 0 N–H and O–H groups in total. The second-order valence-electron chi connectivity index (χ2n) is 7.16. The fourth-order valence-corrected chi connectivity index (χ4v) is 3.40. The molecule has 0 aromatic heterocycles. The van der Waals surface area contributed by atoms with Crippen molar-refractivity contribution in [3.63, 3.8) is 0 Å². The van der Waals surface area contributed by atoms with Crippen molar-refractivity contribution in [3.8, 4) is 0 Å². The Morgan fingerprint density at radius 3 is 1.17 bits per heavy atom. The van der Waals surface area contributed by atoms with Gasteiger partial charge in [-0.05, 0) is 0 Å². The zero-order chi connectivity index (χ0) is 20.4. The summed E-state index contributed by atoms with van der Waals surface area (Å²) in [5.41, 5.74) is 8.02. The Bertz CT molecular complexity index is 829. The third-order valence-corrected chi connectivity index (χ3v) is 5.24. The molecular weight excluding hydrogens is 443 g/mol. The number of rotatable bonds is 2. The van der Waals surface area contributed by atoms with Crippen LogP contribution >= 0.6 is 0 Å². The zero-order valence-corrected chi connectivity index (χ0v) is 21.2. The van der Waals surface area contributed by atoms with Crippen LogP contribution in [0.5, 0.6) is 0 Å². The van der Waals surface area contributed by atoms with Crippen molar-refractivity contribution in [2.75, 3.05) is 0 Å². The van der Waals surface area contributed by atoms with Crippen LogP contribution in [0, 0.1) is 12.2 Å². The molecule has 0 nitrogen and oxygen atoms in total. The van der Waals surface area contributed by atoms with Crippen molar-refractivity contribution >= 4 is 3.81 Å². The van der Waals surface area contributed by atoms with E-state index in [-0.39, 0.29) is 24.8 Å². The number of hydrogen-bond donors (Lipinski definition) is 0. The van der Waals surface area contributed by atoms with Gasteiger partial charge < -0.3 is 24.8 Å². The summed E-state index contributed by atoms with van der Waals surface area (Å²) in [4.78, 5) is 0. The van der Waals surface area contributed by atoms with E-state index in [1.807, 2.05) is 12.1 Å². The van der Waals surface area contributed by atoms with E-state index in [1.54, 1.807) is 0 Å². The molecule has 0 aliphatic heterocycles. The van der Waals surface area contributed by atoms with E-state index in [9.17, 15) is 0 Å². The molecule has 0 atom stereocenters. The van der Waals surface area contributed by atoms with E-state index in [2.05, 4.69) is 121 Å². The van der Waals surface area contributed by atoms with Crippen LogP contribution in [0.1, 0.15) is 51.7 Å². The zero-order valence-electron chi connectivity index (χ0n) is 18.1. The van der Waals surface area contributed by atoms with E-state index < -0.39 is 0 Å². The summed E-state index contributed by atoms with van der Waals surface area (Å²) in [5.74, 6) is 0. The average molecular weight is 471 g/mol. The van der Waals surface area contributed by atoms with Crippen LogP contribution < -0.4 is 24.8 Å². The van der Waals surface area contributed by atoms with Crippen LogP contribution in [0.2, 0.25) is 0 Å². The van der Waals surface area contributed by atoms with Crippen molar-refractivity contribution in [2.24, 2.45) is 0 Å². The molecule has 2 aliphatic rings. The first-order valence-electron chi connectivity index (χ1n) is 9.64. The van der Waals surface area contributed by atoms with Crippen LogP contribution in [0.15, 0.2) is 95.1 Å². The van der Waals surface area contributed by atoms with Crippen LogP contribution in [0.25, 0.3) is 0 Å². The van der Waals surface area contributed by atoms with Gasteiger partial charge in [0.25, 0.3) is 0 Å². The third kappa shape index (κ3) is 10.6. The van der Waals surface area contributed by atoms with Crippen molar-refractivity contribution in [1.29, 1.82) is 0 Å². The predicted molar refractivity (Wildman–Crippen MR) is 118 cm³/mol. The first kappa shape index (κ1) is 28.6. The topological polar surface area (TPSA) is 0 Å². The first-order chi connectivity index (χ1) is 13.5. The Balaban J connectivity index is 0.000000448. The Hall–Kier alpha value is -1.44. The Morgan fingerprint density at radius 2 is 0.967 bits per heavy atom. The monoisotopic (exact) mass is 470 g/mol. The van der Waals surface area contributed by atoms with E-state index in [1.165, 1.54) is 37.2 Å². The summed E-state index contributed by atoms with van der Waals surface area (Å²) in [5, 5.41) is 0. The molecule has 0 saturated heterocycles. The summed E-state index contributed by atoms with van der Waals surface area (Å²) in [6, 6.07) is 20.9. The Labute approximate surface area is 206 Å². The van der Waals surface area contributed by atoms with Gasteiger partial charge in [-0.1, -0.05) is 27.7 Å². The molecule has 156 valence electrons. The van der Waals surface area contributed by atoms with Crippen LogP contribution in [-0.2, 0) is 20.0 Å². The fraction of sp³-hybridized carbons (Fsp3) is 0.222. The van der Waals surface area contributed by atoms with E-state index in [4.69, 9.17) is 0 Å². The summed E-state index contributed by atoms with van der Waals surface area (Å²) >= 11 is 2.16. The maximum absolute atomic E-state index is 3.19. The molecule has 0 unspecified atom stereocenters. The molecule has 0 bridgehead atoms. The molecule has 0 fully saturated rings. The normalized spacial score (nSPS) is 13.5. The van der Waals surface area contributed by atoms with Crippen molar-refractivity contribution in [1.82, 2.24) is 0 Å². The molecule has 3 heteroatoms. The number of benzene rings is 2. The summed E-state index contributed by atoms with van der Waals surface area (Å²) in [6.45, 7) is 8.42. The van der Waals surface area contributed by atoms with Crippen LogP contribution in [0.3, 0.4) is 0 Å². The van der Waals surface area contributed by atoms with Gasteiger partial charge in [0, 0.05) is 0 Å². The van der Waals surface area contributed by atoms with Gasteiger partial charge in [0.05, 0.1) is 0 Å². The summed E-state index contributed by atoms with van der Waals surface area (Å²) < 4.78 is 1.33. The van der Waals surface area contributed by atoms with Gasteiger partial charge in [-0.15, -0.1) is 12.8 Å².